The predicted molar refractivity (Wildman–Crippen MR) is 97.3 cm³/mol. The Bertz CT molecular complexity index is 519. The molecular formula is C18H25IN2. The van der Waals surface area contributed by atoms with Crippen LogP contribution in [0.15, 0.2) is 18.2 Å². The first-order chi connectivity index (χ1) is 10.0. The average Bonchev–Trinajstić information content (AvgIpc) is 2.40. The number of anilines is 2. The SMILES string of the molecule is CC(Nc1ccc(I)cc1N)C12CC3CC(CC(C3)C1)C2. The molecule has 4 fully saturated rings. The molecule has 4 bridgehead atoms. The van der Waals surface area contributed by atoms with Gasteiger partial charge in [-0.2, -0.15) is 0 Å². The van der Waals surface area contributed by atoms with Crippen LogP contribution in [0.25, 0.3) is 0 Å². The predicted octanol–water partition coefficient (Wildman–Crippen LogP) is 4.89. The third-order valence-electron chi connectivity index (χ3n) is 6.39. The smallest absolute Gasteiger partial charge is 0.0576 e. The van der Waals surface area contributed by atoms with Crippen LogP contribution in [0.1, 0.15) is 45.4 Å². The summed E-state index contributed by atoms with van der Waals surface area (Å²) in [6, 6.07) is 6.89. The van der Waals surface area contributed by atoms with E-state index >= 15 is 0 Å². The monoisotopic (exact) mass is 396 g/mol. The molecular weight excluding hydrogens is 371 g/mol. The van der Waals surface area contributed by atoms with Crippen molar-refractivity contribution in [2.24, 2.45) is 23.2 Å². The van der Waals surface area contributed by atoms with Crippen molar-refractivity contribution in [2.75, 3.05) is 11.1 Å². The van der Waals surface area contributed by atoms with Gasteiger partial charge in [-0.1, -0.05) is 0 Å². The molecule has 0 heterocycles. The fourth-order valence-electron chi connectivity index (χ4n) is 5.76. The molecule has 4 aliphatic rings. The molecule has 3 N–H and O–H groups in total. The Hall–Kier alpha value is -0.450. The van der Waals surface area contributed by atoms with Gasteiger partial charge in [0.05, 0.1) is 11.4 Å². The van der Waals surface area contributed by atoms with E-state index in [1.165, 1.54) is 42.1 Å². The van der Waals surface area contributed by atoms with Crippen LogP contribution in [0.2, 0.25) is 0 Å². The molecule has 114 valence electrons. The minimum absolute atomic E-state index is 0.532. The Labute approximate surface area is 141 Å². The van der Waals surface area contributed by atoms with E-state index < -0.39 is 0 Å². The zero-order valence-electron chi connectivity index (χ0n) is 12.7. The molecule has 0 aliphatic heterocycles. The standard InChI is InChI=1S/C18H25IN2/c1-11(21-17-3-2-15(19)7-16(17)20)18-8-12-4-13(9-18)6-14(5-12)10-18/h2-3,7,11-14,21H,4-6,8-10,20H2,1H3. The van der Waals surface area contributed by atoms with Gasteiger partial charge in [0.1, 0.15) is 0 Å². The molecule has 0 amide bonds. The van der Waals surface area contributed by atoms with Gasteiger partial charge in [0, 0.05) is 9.61 Å². The number of benzene rings is 1. The summed E-state index contributed by atoms with van der Waals surface area (Å²) in [4.78, 5) is 0. The molecule has 0 aromatic heterocycles. The number of hydrogen-bond acceptors (Lipinski definition) is 2. The number of nitrogens with two attached hydrogens (primary N) is 1. The maximum Gasteiger partial charge on any atom is 0.0576 e. The second-order valence-corrected chi connectivity index (χ2v) is 9.12. The number of nitrogen functional groups attached to an aromatic ring is 1. The van der Waals surface area contributed by atoms with Gasteiger partial charge in [-0.05, 0) is 109 Å². The Morgan fingerprint density at radius 1 is 1.14 bits per heavy atom. The molecule has 1 unspecified atom stereocenters. The first-order valence-corrected chi connectivity index (χ1v) is 9.43. The van der Waals surface area contributed by atoms with E-state index in [-0.39, 0.29) is 0 Å². The Kier molecular flexibility index (Phi) is 3.40. The van der Waals surface area contributed by atoms with Crippen LogP contribution >= 0.6 is 22.6 Å². The van der Waals surface area contributed by atoms with Crippen LogP contribution in [-0.2, 0) is 0 Å². The summed E-state index contributed by atoms with van der Waals surface area (Å²) in [5, 5.41) is 3.77. The molecule has 21 heavy (non-hydrogen) atoms. The summed E-state index contributed by atoms with van der Waals surface area (Å²) in [6.45, 7) is 2.39. The second-order valence-electron chi connectivity index (χ2n) is 7.88. The summed E-state index contributed by atoms with van der Waals surface area (Å²) < 4.78 is 1.21. The highest BCUT2D eigenvalue weighted by atomic mass is 127. The molecule has 1 aromatic carbocycles. The second kappa shape index (κ2) is 5.04. The van der Waals surface area contributed by atoms with E-state index in [0.29, 0.717) is 11.5 Å². The van der Waals surface area contributed by atoms with Crippen molar-refractivity contribution < 1.29 is 0 Å². The maximum atomic E-state index is 6.19. The molecule has 1 atom stereocenters. The highest BCUT2D eigenvalue weighted by Crippen LogP contribution is 2.61. The molecule has 2 nitrogen and oxygen atoms in total. The molecule has 0 radical (unpaired) electrons. The molecule has 0 spiro atoms. The van der Waals surface area contributed by atoms with Crippen LogP contribution in [-0.4, -0.2) is 6.04 Å². The van der Waals surface area contributed by atoms with Crippen LogP contribution < -0.4 is 11.1 Å². The fraction of sp³-hybridized carbons (Fsp3) is 0.667. The number of halogens is 1. The van der Waals surface area contributed by atoms with Crippen LogP contribution in [0, 0.1) is 26.7 Å². The first-order valence-electron chi connectivity index (χ1n) is 8.36. The van der Waals surface area contributed by atoms with Gasteiger partial charge >= 0.3 is 0 Å². The van der Waals surface area contributed by atoms with Gasteiger partial charge < -0.3 is 11.1 Å². The third kappa shape index (κ3) is 2.45. The largest absolute Gasteiger partial charge is 0.397 e. The highest BCUT2D eigenvalue weighted by molar-refractivity contribution is 14.1. The van der Waals surface area contributed by atoms with Crippen molar-refractivity contribution in [3.05, 3.63) is 21.8 Å². The fourth-order valence-corrected chi connectivity index (χ4v) is 6.27. The van der Waals surface area contributed by atoms with Crippen LogP contribution in [0.3, 0.4) is 0 Å². The molecule has 3 heteroatoms. The molecule has 0 saturated heterocycles. The van der Waals surface area contributed by atoms with Crippen LogP contribution in [0.5, 0.6) is 0 Å². The summed E-state index contributed by atoms with van der Waals surface area (Å²) >= 11 is 2.32. The minimum Gasteiger partial charge on any atom is -0.397 e. The van der Waals surface area contributed by atoms with E-state index in [0.717, 1.165) is 29.1 Å². The Morgan fingerprint density at radius 2 is 1.71 bits per heavy atom. The van der Waals surface area contributed by atoms with Crippen molar-refractivity contribution in [2.45, 2.75) is 51.5 Å². The van der Waals surface area contributed by atoms with Crippen LogP contribution in [0.4, 0.5) is 11.4 Å². The Balaban J connectivity index is 1.56. The lowest BCUT2D eigenvalue weighted by atomic mass is 9.48. The van der Waals surface area contributed by atoms with Crippen molar-refractivity contribution in [1.82, 2.24) is 0 Å². The lowest BCUT2D eigenvalue weighted by Gasteiger charge is -2.59. The minimum atomic E-state index is 0.532. The summed E-state index contributed by atoms with van der Waals surface area (Å²) in [7, 11) is 0. The normalized spacial score (nSPS) is 38.5. The van der Waals surface area contributed by atoms with Crippen molar-refractivity contribution >= 4 is 34.0 Å². The maximum absolute atomic E-state index is 6.19. The number of nitrogens with one attached hydrogen (secondary N) is 1. The summed E-state index contributed by atoms with van der Waals surface area (Å²) in [5.41, 5.74) is 8.74. The van der Waals surface area contributed by atoms with Gasteiger partial charge in [-0.15, -0.1) is 0 Å². The molecule has 1 aromatic rings. The van der Waals surface area contributed by atoms with E-state index in [1.54, 1.807) is 0 Å². The van der Waals surface area contributed by atoms with Gasteiger partial charge in [0.15, 0.2) is 0 Å². The van der Waals surface area contributed by atoms with Crippen molar-refractivity contribution in [3.63, 3.8) is 0 Å². The molecule has 5 rings (SSSR count). The molecule has 4 aliphatic carbocycles. The number of rotatable bonds is 3. The van der Waals surface area contributed by atoms with Crippen molar-refractivity contribution in [3.8, 4) is 0 Å². The summed E-state index contributed by atoms with van der Waals surface area (Å²) in [6.07, 6.45) is 8.86. The number of hydrogen-bond donors (Lipinski definition) is 2. The van der Waals surface area contributed by atoms with Gasteiger partial charge in [0.25, 0.3) is 0 Å². The van der Waals surface area contributed by atoms with Gasteiger partial charge in [-0.25, -0.2) is 0 Å². The van der Waals surface area contributed by atoms with Crippen molar-refractivity contribution in [1.29, 1.82) is 0 Å². The van der Waals surface area contributed by atoms with E-state index in [2.05, 4.69) is 53.0 Å². The zero-order chi connectivity index (χ0) is 14.6. The Morgan fingerprint density at radius 3 is 2.24 bits per heavy atom. The van der Waals surface area contributed by atoms with E-state index in [4.69, 9.17) is 5.73 Å². The topological polar surface area (TPSA) is 38.0 Å². The average molecular weight is 396 g/mol. The van der Waals surface area contributed by atoms with E-state index in [9.17, 15) is 0 Å². The zero-order valence-corrected chi connectivity index (χ0v) is 14.9. The first kappa shape index (κ1) is 14.2. The lowest BCUT2D eigenvalue weighted by molar-refractivity contribution is -0.0602. The third-order valence-corrected chi connectivity index (χ3v) is 7.06. The molecule has 4 saturated carbocycles. The lowest BCUT2D eigenvalue weighted by Crippen LogP contribution is -2.52. The van der Waals surface area contributed by atoms with E-state index in [1.807, 2.05) is 0 Å². The quantitative estimate of drug-likeness (QED) is 0.564. The van der Waals surface area contributed by atoms with Gasteiger partial charge in [-0.3, -0.25) is 0 Å². The highest BCUT2D eigenvalue weighted by Gasteiger charge is 2.53. The van der Waals surface area contributed by atoms with Gasteiger partial charge in [0.2, 0.25) is 0 Å². The summed E-state index contributed by atoms with van der Waals surface area (Å²) in [5.74, 6) is 3.03.